The summed E-state index contributed by atoms with van der Waals surface area (Å²) in [6.45, 7) is 2.83. The summed E-state index contributed by atoms with van der Waals surface area (Å²) in [4.78, 5) is 6.76. The largest absolute Gasteiger partial charge is 0.339 e. The molecule has 3 rings (SSSR count). The predicted octanol–water partition coefficient (Wildman–Crippen LogP) is 3.16. The molecule has 8 heteroatoms. The van der Waals surface area contributed by atoms with Gasteiger partial charge in [-0.25, -0.2) is 0 Å². The van der Waals surface area contributed by atoms with Crippen LogP contribution >= 0.6 is 35.6 Å². The van der Waals surface area contributed by atoms with E-state index in [9.17, 15) is 0 Å². The summed E-state index contributed by atoms with van der Waals surface area (Å²) in [6.07, 6.45) is 1.48. The maximum Gasteiger partial charge on any atom is 0.227 e. The Kier molecular flexibility index (Phi) is 6.68. The lowest BCUT2D eigenvalue weighted by Gasteiger charge is -2.30. The Balaban J connectivity index is 0.00000192. The molecule has 1 N–H and O–H groups in total. The summed E-state index contributed by atoms with van der Waals surface area (Å²) in [7, 11) is 2.08. The molecule has 1 aromatic heterocycles. The summed E-state index contributed by atoms with van der Waals surface area (Å²) >= 11 is 11.9. The number of halogens is 3. The average molecular weight is 378 g/mol. The number of aromatic nitrogens is 2. The first-order chi connectivity index (χ1) is 10.6. The second-order valence-corrected chi connectivity index (χ2v) is 6.31. The molecular formula is C15H19Cl3N4O. The number of hydrogen-bond donors (Lipinski definition) is 1. The van der Waals surface area contributed by atoms with Crippen LogP contribution in [0, 0.1) is 0 Å². The van der Waals surface area contributed by atoms with Crippen molar-refractivity contribution in [3.8, 4) is 0 Å². The van der Waals surface area contributed by atoms with Crippen LogP contribution in [0.1, 0.15) is 23.3 Å². The quantitative estimate of drug-likeness (QED) is 0.887. The Bertz CT molecular complexity index is 649. The number of aryl methyl sites for hydroxylation is 2. The normalized spacial score (nSPS) is 18.7. The average Bonchev–Trinajstić information content (AvgIpc) is 2.98. The highest BCUT2D eigenvalue weighted by atomic mass is 35.5. The molecule has 0 radical (unpaired) electrons. The summed E-state index contributed by atoms with van der Waals surface area (Å²) < 4.78 is 5.37. The van der Waals surface area contributed by atoms with Crippen LogP contribution in [0.2, 0.25) is 10.0 Å². The lowest BCUT2D eigenvalue weighted by molar-refractivity contribution is 0.190. The van der Waals surface area contributed by atoms with E-state index in [1.165, 1.54) is 0 Å². The van der Waals surface area contributed by atoms with Crippen LogP contribution in [-0.2, 0) is 12.8 Å². The van der Waals surface area contributed by atoms with Crippen LogP contribution in [0.25, 0.3) is 0 Å². The Morgan fingerprint density at radius 3 is 2.87 bits per heavy atom. The number of nitrogens with zero attached hydrogens (tertiary/aromatic N) is 3. The van der Waals surface area contributed by atoms with E-state index in [0.29, 0.717) is 22.4 Å². The number of likely N-dealkylation sites (N-methyl/N-ethyl adjacent to an activating group) is 1. The van der Waals surface area contributed by atoms with Crippen LogP contribution in [0.15, 0.2) is 22.7 Å². The van der Waals surface area contributed by atoms with Crippen molar-refractivity contribution in [1.82, 2.24) is 20.4 Å². The minimum Gasteiger partial charge on any atom is -0.339 e. The molecule has 23 heavy (non-hydrogen) atoms. The van der Waals surface area contributed by atoms with Crippen molar-refractivity contribution in [3.63, 3.8) is 0 Å². The maximum absolute atomic E-state index is 6.02. The third-order valence-electron chi connectivity index (χ3n) is 3.90. The number of nitrogens with one attached hydrogen (secondary N) is 1. The molecule has 126 valence electrons. The van der Waals surface area contributed by atoms with Crippen molar-refractivity contribution in [2.45, 2.75) is 18.9 Å². The fourth-order valence-corrected chi connectivity index (χ4v) is 2.87. The highest BCUT2D eigenvalue weighted by Crippen LogP contribution is 2.23. The number of rotatable bonds is 4. The minimum absolute atomic E-state index is 0. The second-order valence-electron chi connectivity index (χ2n) is 5.50. The molecule has 0 aliphatic carbocycles. The molecule has 1 unspecified atom stereocenters. The molecule has 0 saturated carbocycles. The second kappa shape index (κ2) is 8.31. The van der Waals surface area contributed by atoms with E-state index in [1.807, 2.05) is 12.1 Å². The molecule has 1 aliphatic heterocycles. The lowest BCUT2D eigenvalue weighted by Crippen LogP contribution is -2.44. The minimum atomic E-state index is 0. The number of piperazine rings is 1. The first kappa shape index (κ1) is 18.5. The van der Waals surface area contributed by atoms with Crippen molar-refractivity contribution in [3.05, 3.63) is 45.5 Å². The molecule has 0 spiro atoms. The lowest BCUT2D eigenvalue weighted by atomic mass is 10.1. The molecule has 0 amide bonds. The van der Waals surface area contributed by atoms with Crippen molar-refractivity contribution in [2.75, 3.05) is 26.7 Å². The first-order valence-corrected chi connectivity index (χ1v) is 8.06. The van der Waals surface area contributed by atoms with Gasteiger partial charge < -0.3 is 9.84 Å². The van der Waals surface area contributed by atoms with Gasteiger partial charge in [0.15, 0.2) is 5.82 Å². The van der Waals surface area contributed by atoms with Gasteiger partial charge in [0, 0.05) is 26.1 Å². The fraction of sp³-hybridized carbons (Fsp3) is 0.467. The van der Waals surface area contributed by atoms with E-state index < -0.39 is 0 Å². The van der Waals surface area contributed by atoms with Gasteiger partial charge in [0.25, 0.3) is 0 Å². The van der Waals surface area contributed by atoms with Gasteiger partial charge in [-0.2, -0.15) is 4.98 Å². The van der Waals surface area contributed by atoms with Gasteiger partial charge in [-0.05, 0) is 31.2 Å². The Morgan fingerprint density at radius 2 is 2.13 bits per heavy atom. The smallest absolute Gasteiger partial charge is 0.227 e. The molecule has 1 aromatic carbocycles. The number of hydrogen-bond acceptors (Lipinski definition) is 5. The summed E-state index contributed by atoms with van der Waals surface area (Å²) in [6, 6.07) is 5.82. The molecule has 2 heterocycles. The predicted molar refractivity (Wildman–Crippen MR) is 93.7 cm³/mol. The van der Waals surface area contributed by atoms with E-state index in [0.717, 1.165) is 37.4 Å². The van der Waals surface area contributed by atoms with Crippen molar-refractivity contribution >= 4 is 35.6 Å². The van der Waals surface area contributed by atoms with Crippen LogP contribution in [-0.4, -0.2) is 41.7 Å². The van der Waals surface area contributed by atoms with Crippen LogP contribution in [0.5, 0.6) is 0 Å². The zero-order valence-corrected chi connectivity index (χ0v) is 15.1. The fourth-order valence-electron chi connectivity index (χ4n) is 2.55. The number of benzene rings is 1. The third kappa shape index (κ3) is 4.58. The molecule has 1 atom stereocenters. The van der Waals surface area contributed by atoms with Gasteiger partial charge in [0.2, 0.25) is 5.89 Å². The van der Waals surface area contributed by atoms with Crippen molar-refractivity contribution in [2.24, 2.45) is 0 Å². The van der Waals surface area contributed by atoms with Crippen molar-refractivity contribution < 1.29 is 4.52 Å². The monoisotopic (exact) mass is 376 g/mol. The first-order valence-electron chi connectivity index (χ1n) is 7.31. The van der Waals surface area contributed by atoms with E-state index in [1.54, 1.807) is 6.07 Å². The van der Waals surface area contributed by atoms with Gasteiger partial charge in [-0.3, -0.25) is 4.90 Å². The SMILES string of the molecule is CN1CCNCC1c1noc(CCc2ccc(Cl)c(Cl)c2)n1.Cl. The van der Waals surface area contributed by atoms with Gasteiger partial charge >= 0.3 is 0 Å². The van der Waals surface area contributed by atoms with Gasteiger partial charge in [0.05, 0.1) is 16.1 Å². The van der Waals surface area contributed by atoms with Crippen LogP contribution < -0.4 is 5.32 Å². The molecule has 0 bridgehead atoms. The maximum atomic E-state index is 6.02. The molecule has 1 saturated heterocycles. The topological polar surface area (TPSA) is 54.2 Å². The van der Waals surface area contributed by atoms with E-state index in [2.05, 4.69) is 27.4 Å². The molecule has 1 aliphatic rings. The standard InChI is InChI=1S/C15H18Cl2N4O.ClH/c1-21-7-6-18-9-13(21)15-19-14(22-20-15)5-3-10-2-4-11(16)12(17)8-10;/h2,4,8,13,18H,3,5-7,9H2,1H3;1H. The molecule has 2 aromatic rings. The Labute approximate surface area is 151 Å². The van der Waals surface area contributed by atoms with Crippen LogP contribution in [0.3, 0.4) is 0 Å². The third-order valence-corrected chi connectivity index (χ3v) is 4.64. The summed E-state index contributed by atoms with van der Waals surface area (Å²) in [5.41, 5.74) is 1.10. The molecule has 1 fully saturated rings. The highest BCUT2D eigenvalue weighted by Gasteiger charge is 2.25. The van der Waals surface area contributed by atoms with E-state index >= 15 is 0 Å². The molecular weight excluding hydrogens is 359 g/mol. The van der Waals surface area contributed by atoms with Gasteiger partial charge in [0.1, 0.15) is 0 Å². The van der Waals surface area contributed by atoms with Crippen LogP contribution in [0.4, 0.5) is 0 Å². The zero-order chi connectivity index (χ0) is 15.5. The zero-order valence-electron chi connectivity index (χ0n) is 12.8. The summed E-state index contributed by atoms with van der Waals surface area (Å²) in [5, 5.41) is 8.61. The Morgan fingerprint density at radius 1 is 1.30 bits per heavy atom. The van der Waals surface area contributed by atoms with Gasteiger partial charge in [-0.1, -0.05) is 34.4 Å². The molecule has 5 nitrogen and oxygen atoms in total. The Hall–Kier alpha value is -0.850. The van der Waals surface area contributed by atoms with E-state index in [4.69, 9.17) is 27.7 Å². The van der Waals surface area contributed by atoms with Gasteiger partial charge in [-0.15, -0.1) is 12.4 Å². The highest BCUT2D eigenvalue weighted by molar-refractivity contribution is 6.42. The van der Waals surface area contributed by atoms with Crippen molar-refractivity contribution in [1.29, 1.82) is 0 Å². The summed E-state index contributed by atoms with van der Waals surface area (Å²) in [5.74, 6) is 1.40. The van der Waals surface area contributed by atoms with E-state index in [-0.39, 0.29) is 18.4 Å².